The Balaban J connectivity index is 1.89. The monoisotopic (exact) mass is 274 g/mol. The van der Waals surface area contributed by atoms with Crippen LogP contribution in [0.5, 0.6) is 0 Å². The summed E-state index contributed by atoms with van der Waals surface area (Å²) in [4.78, 5) is 29.4. The molecule has 19 heavy (non-hydrogen) atoms. The minimum atomic E-state index is -0.238. The summed E-state index contributed by atoms with van der Waals surface area (Å²) in [5, 5.41) is 2.03. The number of H-pyrrole nitrogens is 1. The molecule has 1 saturated heterocycles. The van der Waals surface area contributed by atoms with Crippen LogP contribution >= 0.6 is 11.3 Å². The van der Waals surface area contributed by atoms with Crippen molar-refractivity contribution < 1.29 is 4.79 Å². The Kier molecular flexibility index (Phi) is 3.21. The van der Waals surface area contributed by atoms with Gasteiger partial charge in [0.2, 0.25) is 5.56 Å². The van der Waals surface area contributed by atoms with Crippen LogP contribution in [0.15, 0.2) is 40.5 Å². The van der Waals surface area contributed by atoms with Crippen molar-refractivity contribution in [3.63, 3.8) is 0 Å². The van der Waals surface area contributed by atoms with E-state index in [-0.39, 0.29) is 17.5 Å². The fourth-order valence-corrected chi connectivity index (χ4v) is 3.39. The van der Waals surface area contributed by atoms with Crippen LogP contribution in [0.2, 0.25) is 0 Å². The number of rotatable bonds is 2. The number of aromatic nitrogens is 1. The van der Waals surface area contributed by atoms with Gasteiger partial charge in [0.25, 0.3) is 5.91 Å². The second kappa shape index (κ2) is 5.01. The normalized spacial score (nSPS) is 18.7. The van der Waals surface area contributed by atoms with E-state index in [1.54, 1.807) is 23.5 Å². The molecule has 1 fully saturated rings. The highest BCUT2D eigenvalue weighted by atomic mass is 32.1. The van der Waals surface area contributed by atoms with Crippen molar-refractivity contribution in [2.24, 2.45) is 0 Å². The lowest BCUT2D eigenvalue weighted by Crippen LogP contribution is -2.31. The second-order valence-electron chi connectivity index (χ2n) is 4.60. The number of aromatic amines is 1. The van der Waals surface area contributed by atoms with E-state index in [4.69, 9.17) is 0 Å². The predicted octanol–water partition coefficient (Wildman–Crippen LogP) is 2.41. The van der Waals surface area contributed by atoms with Gasteiger partial charge in [-0.15, -0.1) is 11.3 Å². The van der Waals surface area contributed by atoms with Crippen molar-refractivity contribution in [3.8, 4) is 0 Å². The molecular weight excluding hydrogens is 260 g/mol. The van der Waals surface area contributed by atoms with Crippen LogP contribution in [0.1, 0.15) is 34.2 Å². The van der Waals surface area contributed by atoms with Gasteiger partial charge in [-0.1, -0.05) is 12.1 Å². The molecule has 1 atom stereocenters. The van der Waals surface area contributed by atoms with Crippen LogP contribution in [0.4, 0.5) is 0 Å². The van der Waals surface area contributed by atoms with E-state index in [1.807, 2.05) is 16.3 Å². The zero-order valence-electron chi connectivity index (χ0n) is 10.3. The molecule has 5 heteroatoms. The maximum atomic E-state index is 12.5. The highest BCUT2D eigenvalue weighted by Crippen LogP contribution is 2.35. The average Bonchev–Trinajstić information content (AvgIpc) is 3.08. The van der Waals surface area contributed by atoms with Gasteiger partial charge in [0.1, 0.15) is 5.69 Å². The molecule has 98 valence electrons. The van der Waals surface area contributed by atoms with Crippen molar-refractivity contribution in [3.05, 3.63) is 56.6 Å². The molecule has 0 aliphatic carbocycles. The summed E-state index contributed by atoms with van der Waals surface area (Å²) in [5.41, 5.74) is 0.133. The molecule has 4 nitrogen and oxygen atoms in total. The fourth-order valence-electron chi connectivity index (χ4n) is 2.51. The van der Waals surface area contributed by atoms with Gasteiger partial charge in [0.05, 0.1) is 6.04 Å². The van der Waals surface area contributed by atoms with Crippen LogP contribution in [0.25, 0.3) is 0 Å². The lowest BCUT2D eigenvalue weighted by atomic mass is 10.2. The van der Waals surface area contributed by atoms with Gasteiger partial charge < -0.3 is 9.88 Å². The van der Waals surface area contributed by atoms with Crippen LogP contribution in [0.3, 0.4) is 0 Å². The van der Waals surface area contributed by atoms with E-state index in [0.717, 1.165) is 19.4 Å². The Bertz CT molecular complexity index is 633. The largest absolute Gasteiger partial charge is 0.330 e. The molecule has 2 aromatic rings. The number of nitrogens with zero attached hydrogens (tertiary/aromatic N) is 1. The first kappa shape index (κ1) is 12.2. The van der Waals surface area contributed by atoms with Crippen LogP contribution in [-0.4, -0.2) is 22.3 Å². The third-order valence-corrected chi connectivity index (χ3v) is 4.36. The molecule has 3 rings (SSSR count). The molecule has 2 aromatic heterocycles. The van der Waals surface area contributed by atoms with E-state index in [1.165, 1.54) is 10.9 Å². The average molecular weight is 274 g/mol. The summed E-state index contributed by atoms with van der Waals surface area (Å²) >= 11 is 1.67. The van der Waals surface area contributed by atoms with Gasteiger partial charge in [-0.2, -0.15) is 0 Å². The number of nitrogens with one attached hydrogen (secondary N) is 1. The van der Waals surface area contributed by atoms with E-state index < -0.39 is 0 Å². The maximum absolute atomic E-state index is 12.5. The summed E-state index contributed by atoms with van der Waals surface area (Å²) in [7, 11) is 0. The van der Waals surface area contributed by atoms with Crippen LogP contribution in [0, 0.1) is 0 Å². The van der Waals surface area contributed by atoms with Gasteiger partial charge in [0, 0.05) is 17.5 Å². The van der Waals surface area contributed by atoms with Crippen molar-refractivity contribution in [2.75, 3.05) is 6.54 Å². The molecule has 1 aliphatic rings. The molecule has 1 amide bonds. The van der Waals surface area contributed by atoms with E-state index >= 15 is 0 Å². The smallest absolute Gasteiger partial charge is 0.270 e. The van der Waals surface area contributed by atoms with Gasteiger partial charge in [-0.25, -0.2) is 0 Å². The SMILES string of the molecule is O=C(c1cccc(=O)[nH]1)N1CCCC1c1cccs1. The maximum Gasteiger partial charge on any atom is 0.270 e. The quantitative estimate of drug-likeness (QED) is 0.914. The fraction of sp³-hybridized carbons (Fsp3) is 0.286. The van der Waals surface area contributed by atoms with Crippen molar-refractivity contribution in [1.82, 2.24) is 9.88 Å². The molecule has 1 aliphatic heterocycles. The molecule has 1 N–H and O–H groups in total. The Morgan fingerprint density at radius 3 is 2.95 bits per heavy atom. The molecule has 0 aromatic carbocycles. The van der Waals surface area contributed by atoms with Crippen molar-refractivity contribution >= 4 is 17.2 Å². The molecule has 0 bridgehead atoms. The Hall–Kier alpha value is -1.88. The summed E-state index contributed by atoms with van der Waals surface area (Å²) < 4.78 is 0. The molecule has 0 spiro atoms. The lowest BCUT2D eigenvalue weighted by molar-refractivity contribution is 0.0731. The third-order valence-electron chi connectivity index (χ3n) is 3.38. The molecular formula is C14H14N2O2S. The van der Waals surface area contributed by atoms with Gasteiger partial charge in [-0.3, -0.25) is 9.59 Å². The first-order chi connectivity index (χ1) is 9.25. The number of amides is 1. The molecule has 3 heterocycles. The van der Waals surface area contributed by atoms with Gasteiger partial charge >= 0.3 is 0 Å². The number of carbonyl (C=O) groups is 1. The first-order valence-corrected chi connectivity index (χ1v) is 7.17. The highest BCUT2D eigenvalue weighted by Gasteiger charge is 2.31. The first-order valence-electron chi connectivity index (χ1n) is 6.29. The predicted molar refractivity (Wildman–Crippen MR) is 74.4 cm³/mol. The number of likely N-dealkylation sites (tertiary alicyclic amines) is 1. The lowest BCUT2D eigenvalue weighted by Gasteiger charge is -2.23. The molecule has 0 radical (unpaired) electrons. The van der Waals surface area contributed by atoms with Crippen LogP contribution in [-0.2, 0) is 0 Å². The number of pyridine rings is 1. The summed E-state index contributed by atoms with van der Waals surface area (Å²) in [5.74, 6) is -0.0893. The van der Waals surface area contributed by atoms with E-state index in [2.05, 4.69) is 11.1 Å². The summed E-state index contributed by atoms with van der Waals surface area (Å²) in [6.45, 7) is 0.748. The van der Waals surface area contributed by atoms with Gasteiger partial charge in [0.15, 0.2) is 0 Å². The number of carbonyl (C=O) groups excluding carboxylic acids is 1. The zero-order valence-corrected chi connectivity index (χ0v) is 11.2. The minimum absolute atomic E-state index is 0.0893. The number of hydrogen-bond donors (Lipinski definition) is 1. The van der Waals surface area contributed by atoms with E-state index in [9.17, 15) is 9.59 Å². The van der Waals surface area contributed by atoms with Crippen molar-refractivity contribution in [2.45, 2.75) is 18.9 Å². The minimum Gasteiger partial charge on any atom is -0.330 e. The third kappa shape index (κ3) is 2.33. The molecule has 1 unspecified atom stereocenters. The number of hydrogen-bond acceptors (Lipinski definition) is 3. The summed E-state index contributed by atoms with van der Waals surface area (Å²) in [6.07, 6.45) is 1.99. The van der Waals surface area contributed by atoms with Gasteiger partial charge in [-0.05, 0) is 30.4 Å². The standard InChI is InChI=1S/C14H14N2O2S/c17-13-7-1-4-10(15-13)14(18)16-8-2-5-11(16)12-6-3-9-19-12/h1,3-4,6-7,9,11H,2,5,8H2,(H,15,17). The highest BCUT2D eigenvalue weighted by molar-refractivity contribution is 7.10. The zero-order chi connectivity index (χ0) is 13.2. The Morgan fingerprint density at radius 1 is 1.32 bits per heavy atom. The topological polar surface area (TPSA) is 53.2 Å². The van der Waals surface area contributed by atoms with E-state index in [0.29, 0.717) is 5.69 Å². The Morgan fingerprint density at radius 2 is 2.21 bits per heavy atom. The molecule has 0 saturated carbocycles. The summed E-state index contributed by atoms with van der Waals surface area (Å²) in [6, 6.07) is 8.91. The number of thiophene rings is 1. The Labute approximate surface area is 114 Å². The van der Waals surface area contributed by atoms with Crippen molar-refractivity contribution in [1.29, 1.82) is 0 Å². The second-order valence-corrected chi connectivity index (χ2v) is 5.58. The van der Waals surface area contributed by atoms with Crippen LogP contribution < -0.4 is 5.56 Å².